The Balaban J connectivity index is 1.56. The molecule has 4 rings (SSSR count). The van der Waals surface area contributed by atoms with Gasteiger partial charge in [0.25, 0.3) is 5.91 Å². The maximum atomic E-state index is 14.2. The van der Waals surface area contributed by atoms with Crippen LogP contribution in [0.4, 0.5) is 23.4 Å². The van der Waals surface area contributed by atoms with Gasteiger partial charge < -0.3 is 20.1 Å². The number of amides is 2. The fraction of sp³-hybridized carbons (Fsp3) is 0.240. The topological polar surface area (TPSA) is 120 Å². The Morgan fingerprint density at radius 3 is 2.59 bits per heavy atom. The fourth-order valence-corrected chi connectivity index (χ4v) is 3.44. The van der Waals surface area contributed by atoms with Crippen LogP contribution in [0.15, 0.2) is 48.8 Å². The predicted octanol–water partition coefficient (Wildman–Crippen LogP) is 4.36. The quantitative estimate of drug-likeness (QED) is 0.315. The highest BCUT2D eigenvalue weighted by atomic mass is 19.4. The second-order valence-electron chi connectivity index (χ2n) is 8.56. The van der Waals surface area contributed by atoms with E-state index in [1.54, 1.807) is 26.0 Å². The highest BCUT2D eigenvalue weighted by molar-refractivity contribution is 5.97. The van der Waals surface area contributed by atoms with Crippen molar-refractivity contribution in [1.29, 1.82) is 0 Å². The number of imidazole rings is 1. The number of nitrogens with zero attached hydrogens (tertiary/aromatic N) is 4. The second-order valence-corrected chi connectivity index (χ2v) is 8.56. The van der Waals surface area contributed by atoms with Crippen molar-refractivity contribution >= 4 is 23.3 Å². The third kappa shape index (κ3) is 6.58. The third-order valence-electron chi connectivity index (χ3n) is 5.37. The van der Waals surface area contributed by atoms with Crippen molar-refractivity contribution < 1.29 is 36.6 Å². The molecule has 204 valence electrons. The van der Waals surface area contributed by atoms with Crippen molar-refractivity contribution in [3.8, 4) is 22.9 Å². The molecule has 10 nitrogen and oxygen atoms in total. The van der Waals surface area contributed by atoms with Gasteiger partial charge in [-0.15, -0.1) is 13.2 Å². The van der Waals surface area contributed by atoms with Gasteiger partial charge in [0.1, 0.15) is 17.1 Å². The zero-order valence-electron chi connectivity index (χ0n) is 20.8. The van der Waals surface area contributed by atoms with Crippen LogP contribution < -0.4 is 20.1 Å². The first-order valence-corrected chi connectivity index (χ1v) is 11.5. The summed E-state index contributed by atoms with van der Waals surface area (Å²) in [7, 11) is 1.30. The number of pyridine rings is 1. The molecular formula is C25H22F4N6O4. The van der Waals surface area contributed by atoms with E-state index in [1.807, 2.05) is 0 Å². The Morgan fingerprint density at radius 1 is 1.13 bits per heavy atom. The van der Waals surface area contributed by atoms with Crippen LogP contribution in [-0.2, 0) is 11.3 Å². The zero-order valence-corrected chi connectivity index (χ0v) is 20.8. The first-order valence-electron chi connectivity index (χ1n) is 11.5. The van der Waals surface area contributed by atoms with E-state index in [-0.39, 0.29) is 28.8 Å². The van der Waals surface area contributed by atoms with Gasteiger partial charge in [0.05, 0.1) is 19.0 Å². The molecule has 0 aliphatic rings. The number of fused-ring (bicyclic) bond motifs is 1. The molecule has 0 bridgehead atoms. The monoisotopic (exact) mass is 546 g/mol. The van der Waals surface area contributed by atoms with Crippen LogP contribution in [0, 0.1) is 11.7 Å². The number of alkyl halides is 3. The summed E-state index contributed by atoms with van der Waals surface area (Å²) in [6.45, 7) is 3.07. The SMILES string of the molecule is COc1ncc(-c2ccc3nc(NC(=O)C(C)C)cn3n2)cc1C(=O)NCc1cc(OC(F)(F)F)ccc1F. The van der Waals surface area contributed by atoms with Crippen molar-refractivity contribution in [2.24, 2.45) is 5.92 Å². The summed E-state index contributed by atoms with van der Waals surface area (Å²) in [5, 5.41) is 9.59. The Bertz CT molecular complexity index is 1540. The van der Waals surface area contributed by atoms with E-state index < -0.39 is 30.4 Å². The fourth-order valence-electron chi connectivity index (χ4n) is 3.44. The van der Waals surface area contributed by atoms with Crippen molar-refractivity contribution in [3.05, 3.63) is 65.7 Å². The summed E-state index contributed by atoms with van der Waals surface area (Å²) in [4.78, 5) is 33.3. The van der Waals surface area contributed by atoms with Crippen molar-refractivity contribution in [2.45, 2.75) is 26.8 Å². The molecule has 0 aliphatic carbocycles. The smallest absolute Gasteiger partial charge is 0.480 e. The Kier molecular flexibility index (Phi) is 7.65. The summed E-state index contributed by atoms with van der Waals surface area (Å²) in [6.07, 6.45) is -1.98. The lowest BCUT2D eigenvalue weighted by Gasteiger charge is -2.13. The number of carbonyl (C=O) groups excluding carboxylic acids is 2. The number of anilines is 1. The number of aromatic nitrogens is 4. The first-order chi connectivity index (χ1) is 18.4. The third-order valence-corrected chi connectivity index (χ3v) is 5.37. The number of methoxy groups -OCH3 is 1. The second kappa shape index (κ2) is 10.9. The number of ether oxygens (including phenoxy) is 2. The molecule has 0 spiro atoms. The summed E-state index contributed by atoms with van der Waals surface area (Å²) >= 11 is 0. The summed E-state index contributed by atoms with van der Waals surface area (Å²) < 4.78 is 62.1. The average molecular weight is 546 g/mol. The number of carbonyl (C=O) groups is 2. The molecule has 1 aromatic carbocycles. The van der Waals surface area contributed by atoms with Crippen molar-refractivity contribution in [2.75, 3.05) is 12.4 Å². The van der Waals surface area contributed by atoms with Crippen LogP contribution in [-0.4, -0.2) is 44.9 Å². The van der Waals surface area contributed by atoms with E-state index in [9.17, 15) is 27.2 Å². The maximum Gasteiger partial charge on any atom is 0.573 e. The van der Waals surface area contributed by atoms with Crippen LogP contribution in [0.5, 0.6) is 11.6 Å². The average Bonchev–Trinajstić information content (AvgIpc) is 3.29. The summed E-state index contributed by atoms with van der Waals surface area (Å²) in [6, 6.07) is 7.24. The molecule has 2 N–H and O–H groups in total. The molecule has 4 aromatic rings. The van der Waals surface area contributed by atoms with E-state index in [2.05, 4.69) is 30.4 Å². The molecule has 14 heteroatoms. The van der Waals surface area contributed by atoms with Gasteiger partial charge in [0.2, 0.25) is 11.8 Å². The highest BCUT2D eigenvalue weighted by Crippen LogP contribution is 2.26. The molecule has 0 saturated carbocycles. The van der Waals surface area contributed by atoms with Gasteiger partial charge in [0.15, 0.2) is 11.5 Å². The number of hydrogen-bond acceptors (Lipinski definition) is 7. The Morgan fingerprint density at radius 2 is 1.90 bits per heavy atom. The van der Waals surface area contributed by atoms with Crippen molar-refractivity contribution in [1.82, 2.24) is 24.9 Å². The number of rotatable bonds is 8. The molecule has 0 radical (unpaired) electrons. The van der Waals surface area contributed by atoms with Gasteiger partial charge in [-0.25, -0.2) is 18.9 Å². The highest BCUT2D eigenvalue weighted by Gasteiger charge is 2.31. The molecule has 2 amide bonds. The molecule has 0 fully saturated rings. The Labute approximate surface area is 219 Å². The summed E-state index contributed by atoms with van der Waals surface area (Å²) in [5.74, 6) is -2.32. The molecule has 3 aromatic heterocycles. The van der Waals surface area contributed by atoms with Gasteiger partial charge in [0, 0.05) is 29.8 Å². The normalized spacial score (nSPS) is 11.5. The van der Waals surface area contributed by atoms with E-state index in [1.165, 1.54) is 30.1 Å². The molecular weight excluding hydrogens is 524 g/mol. The zero-order chi connectivity index (χ0) is 28.3. The molecule has 0 unspecified atom stereocenters. The minimum Gasteiger partial charge on any atom is -0.480 e. The van der Waals surface area contributed by atoms with E-state index >= 15 is 0 Å². The Hall–Kier alpha value is -4.75. The summed E-state index contributed by atoms with van der Waals surface area (Å²) in [5.41, 5.74) is 1.07. The van der Waals surface area contributed by atoms with Gasteiger partial charge in [-0.05, 0) is 36.4 Å². The molecule has 3 heterocycles. The van der Waals surface area contributed by atoms with E-state index in [0.29, 0.717) is 22.7 Å². The first kappa shape index (κ1) is 27.3. The van der Waals surface area contributed by atoms with Gasteiger partial charge in [-0.3, -0.25) is 9.59 Å². The van der Waals surface area contributed by atoms with Crippen LogP contribution >= 0.6 is 0 Å². The standard InChI is InChI=1S/C25H22F4N6O4/c1-13(2)22(36)33-20-12-35-21(32-20)7-6-19(34-35)15-9-17(24(38-3)31-11-15)23(37)30-10-14-8-16(4-5-18(14)26)39-25(27,28)29/h4-9,11-13H,10H2,1-3H3,(H,30,37)(H,33,36). The van der Waals surface area contributed by atoms with Gasteiger partial charge in [-0.2, -0.15) is 5.10 Å². The molecule has 0 atom stereocenters. The van der Waals surface area contributed by atoms with E-state index in [4.69, 9.17) is 4.74 Å². The van der Waals surface area contributed by atoms with Crippen LogP contribution in [0.25, 0.3) is 16.9 Å². The molecule has 0 saturated heterocycles. The minimum absolute atomic E-state index is 0.0180. The molecule has 0 aliphatic heterocycles. The lowest BCUT2D eigenvalue weighted by Crippen LogP contribution is -2.24. The van der Waals surface area contributed by atoms with Crippen molar-refractivity contribution in [3.63, 3.8) is 0 Å². The number of benzene rings is 1. The van der Waals surface area contributed by atoms with Gasteiger partial charge >= 0.3 is 6.36 Å². The lowest BCUT2D eigenvalue weighted by atomic mass is 10.1. The maximum absolute atomic E-state index is 14.2. The number of hydrogen-bond donors (Lipinski definition) is 2. The number of halogens is 4. The largest absolute Gasteiger partial charge is 0.573 e. The molecule has 39 heavy (non-hydrogen) atoms. The van der Waals surface area contributed by atoms with Crippen LogP contribution in [0.1, 0.15) is 29.8 Å². The van der Waals surface area contributed by atoms with E-state index in [0.717, 1.165) is 18.2 Å². The van der Waals surface area contributed by atoms with Crippen LogP contribution in [0.2, 0.25) is 0 Å². The number of nitrogens with one attached hydrogen (secondary N) is 2. The van der Waals surface area contributed by atoms with Gasteiger partial charge in [-0.1, -0.05) is 13.8 Å². The van der Waals surface area contributed by atoms with Crippen LogP contribution in [0.3, 0.4) is 0 Å². The minimum atomic E-state index is -4.95. The predicted molar refractivity (Wildman–Crippen MR) is 130 cm³/mol. The lowest BCUT2D eigenvalue weighted by molar-refractivity contribution is -0.274.